The molecule has 1 N–H and O–H groups in total. The summed E-state index contributed by atoms with van der Waals surface area (Å²) in [5.74, 6) is -0.609. The molecule has 1 atom stereocenters. The fraction of sp³-hybridized carbons (Fsp3) is 0.778. The summed E-state index contributed by atoms with van der Waals surface area (Å²) < 4.78 is 38.8. The van der Waals surface area contributed by atoms with Crippen LogP contribution in [0, 0.1) is 0 Å². The number of aliphatic hydroxyl groups excluding tert-OH is 1. The Morgan fingerprint density at radius 1 is 1.33 bits per heavy atom. The zero-order valence-corrected chi connectivity index (χ0v) is 10.1. The van der Waals surface area contributed by atoms with Crippen LogP contribution in [-0.4, -0.2) is 49.8 Å². The van der Waals surface area contributed by atoms with Gasteiger partial charge in [0, 0.05) is 25.5 Å². The molecule has 2 heterocycles. The lowest BCUT2D eigenvalue weighted by Gasteiger charge is -2.28. The second-order valence-electron chi connectivity index (χ2n) is 4.13. The summed E-state index contributed by atoms with van der Waals surface area (Å²) in [5.41, 5.74) is 0. The van der Waals surface area contributed by atoms with Crippen LogP contribution in [0.4, 0.5) is 13.2 Å². The van der Waals surface area contributed by atoms with Gasteiger partial charge in [-0.05, 0) is 0 Å². The highest BCUT2D eigenvalue weighted by Gasteiger charge is 2.39. The van der Waals surface area contributed by atoms with E-state index in [2.05, 4.69) is 10.2 Å². The van der Waals surface area contributed by atoms with Crippen molar-refractivity contribution < 1.29 is 18.3 Å². The van der Waals surface area contributed by atoms with Gasteiger partial charge in [-0.1, -0.05) is 0 Å². The Hall–Kier alpha value is -0.860. The molecule has 1 aliphatic heterocycles. The van der Waals surface area contributed by atoms with Gasteiger partial charge < -0.3 is 9.67 Å². The van der Waals surface area contributed by atoms with Crippen molar-refractivity contribution in [3.8, 4) is 0 Å². The van der Waals surface area contributed by atoms with Gasteiger partial charge in [-0.3, -0.25) is 4.90 Å². The molecule has 0 amide bonds. The molecule has 9 heteroatoms. The van der Waals surface area contributed by atoms with Crippen LogP contribution >= 0.6 is 11.6 Å². The molecule has 0 radical (unpaired) electrons. The van der Waals surface area contributed by atoms with Crippen LogP contribution in [0.15, 0.2) is 0 Å². The molecule has 2 rings (SSSR count). The first-order valence-corrected chi connectivity index (χ1v) is 5.91. The molecule has 0 saturated heterocycles. The molecule has 1 aliphatic rings. The van der Waals surface area contributed by atoms with Gasteiger partial charge in [-0.2, -0.15) is 13.2 Å². The SMILES string of the molecule is OC(CCl)CN1CCn2c(nnc2C(F)(F)F)C1. The van der Waals surface area contributed by atoms with Crippen molar-refractivity contribution in [3.05, 3.63) is 11.6 Å². The van der Waals surface area contributed by atoms with Crippen LogP contribution in [0.2, 0.25) is 0 Å². The predicted octanol–water partition coefficient (Wildman–Crippen LogP) is 0.712. The maximum absolute atomic E-state index is 12.6. The summed E-state index contributed by atoms with van der Waals surface area (Å²) >= 11 is 5.48. The lowest BCUT2D eigenvalue weighted by atomic mass is 10.3. The minimum Gasteiger partial charge on any atom is -0.391 e. The molecule has 0 aliphatic carbocycles. The van der Waals surface area contributed by atoms with Crippen LogP contribution < -0.4 is 0 Å². The smallest absolute Gasteiger partial charge is 0.391 e. The Labute approximate surface area is 106 Å². The molecular formula is C9H12ClF3N4O. The average Bonchev–Trinajstić information content (AvgIpc) is 2.71. The van der Waals surface area contributed by atoms with Crippen LogP contribution in [0.3, 0.4) is 0 Å². The summed E-state index contributed by atoms with van der Waals surface area (Å²) in [7, 11) is 0. The summed E-state index contributed by atoms with van der Waals surface area (Å²) in [6.45, 7) is 1.11. The minimum atomic E-state index is -4.48. The first-order chi connectivity index (χ1) is 8.41. The van der Waals surface area contributed by atoms with Crippen LogP contribution in [-0.2, 0) is 19.3 Å². The van der Waals surface area contributed by atoms with Crippen molar-refractivity contribution in [2.45, 2.75) is 25.4 Å². The highest BCUT2D eigenvalue weighted by atomic mass is 35.5. The van der Waals surface area contributed by atoms with Crippen LogP contribution in [0.25, 0.3) is 0 Å². The Kier molecular flexibility index (Phi) is 3.79. The molecule has 0 fully saturated rings. The Morgan fingerprint density at radius 2 is 2.06 bits per heavy atom. The molecule has 0 saturated carbocycles. The Bertz CT molecular complexity index is 422. The number of aromatic nitrogens is 3. The van der Waals surface area contributed by atoms with Crippen molar-refractivity contribution in [1.29, 1.82) is 0 Å². The van der Waals surface area contributed by atoms with Crippen molar-refractivity contribution >= 4 is 11.6 Å². The molecule has 102 valence electrons. The molecule has 1 aromatic rings. The minimum absolute atomic E-state index is 0.0942. The van der Waals surface area contributed by atoms with E-state index in [1.54, 1.807) is 4.90 Å². The molecule has 5 nitrogen and oxygen atoms in total. The second kappa shape index (κ2) is 5.02. The third-order valence-electron chi connectivity index (χ3n) is 2.73. The molecule has 1 unspecified atom stereocenters. The number of β-amino-alcohol motifs (C(OH)–C–C–N with tert-alkyl or cyclic N) is 1. The third kappa shape index (κ3) is 2.76. The van der Waals surface area contributed by atoms with E-state index >= 15 is 0 Å². The summed E-state index contributed by atoms with van der Waals surface area (Å²) in [6, 6.07) is 0. The highest BCUT2D eigenvalue weighted by molar-refractivity contribution is 6.18. The number of aliphatic hydroxyl groups is 1. The van der Waals surface area contributed by atoms with E-state index in [4.69, 9.17) is 11.6 Å². The number of alkyl halides is 4. The van der Waals surface area contributed by atoms with Gasteiger partial charge in [0.25, 0.3) is 0 Å². The summed E-state index contributed by atoms with van der Waals surface area (Å²) in [4.78, 5) is 1.80. The second-order valence-corrected chi connectivity index (χ2v) is 4.44. The van der Waals surface area contributed by atoms with Gasteiger partial charge in [-0.25, -0.2) is 0 Å². The molecular weight excluding hydrogens is 273 g/mol. The lowest BCUT2D eigenvalue weighted by Crippen LogP contribution is -2.40. The van der Waals surface area contributed by atoms with Gasteiger partial charge in [0.2, 0.25) is 5.82 Å². The molecule has 0 aromatic carbocycles. The van der Waals surface area contributed by atoms with Gasteiger partial charge >= 0.3 is 6.18 Å². The Morgan fingerprint density at radius 3 is 2.67 bits per heavy atom. The first kappa shape index (κ1) is 13.6. The number of nitrogens with zero attached hydrogens (tertiary/aromatic N) is 4. The first-order valence-electron chi connectivity index (χ1n) is 5.37. The van der Waals surface area contributed by atoms with Gasteiger partial charge in [0.15, 0.2) is 0 Å². The zero-order valence-electron chi connectivity index (χ0n) is 9.36. The summed E-state index contributed by atoms with van der Waals surface area (Å²) in [6.07, 6.45) is -5.17. The highest BCUT2D eigenvalue weighted by Crippen LogP contribution is 2.29. The third-order valence-corrected chi connectivity index (χ3v) is 3.09. The van der Waals surface area contributed by atoms with Crippen molar-refractivity contribution in [2.75, 3.05) is 19.0 Å². The number of hydrogen-bond acceptors (Lipinski definition) is 4. The Balaban J connectivity index is 2.10. The normalized spacial score (nSPS) is 18.7. The molecule has 0 spiro atoms. The summed E-state index contributed by atoms with van der Waals surface area (Å²) in [5, 5.41) is 16.1. The monoisotopic (exact) mass is 284 g/mol. The molecule has 1 aromatic heterocycles. The van der Waals surface area contributed by atoms with Gasteiger partial charge in [0.05, 0.1) is 12.6 Å². The molecule has 18 heavy (non-hydrogen) atoms. The number of hydrogen-bond donors (Lipinski definition) is 1. The lowest BCUT2D eigenvalue weighted by molar-refractivity contribution is -0.148. The van der Waals surface area contributed by atoms with Crippen LogP contribution in [0.5, 0.6) is 0 Å². The quantitative estimate of drug-likeness (QED) is 0.831. The van der Waals surface area contributed by atoms with Gasteiger partial charge in [-0.15, -0.1) is 21.8 Å². The fourth-order valence-electron chi connectivity index (χ4n) is 1.92. The maximum atomic E-state index is 12.6. The van der Waals surface area contributed by atoms with E-state index in [-0.39, 0.29) is 24.8 Å². The largest absolute Gasteiger partial charge is 0.451 e. The average molecular weight is 285 g/mol. The van der Waals surface area contributed by atoms with Crippen molar-refractivity contribution in [3.63, 3.8) is 0 Å². The fourth-order valence-corrected chi connectivity index (χ4v) is 2.02. The molecule has 0 bridgehead atoms. The van der Waals surface area contributed by atoms with E-state index in [0.29, 0.717) is 13.1 Å². The van der Waals surface area contributed by atoms with Crippen molar-refractivity contribution in [2.24, 2.45) is 0 Å². The standard InChI is InChI=1S/C9H12ClF3N4O/c10-3-6(18)4-16-1-2-17-7(5-16)14-15-8(17)9(11,12)13/h6,18H,1-5H2. The van der Waals surface area contributed by atoms with Crippen LogP contribution in [0.1, 0.15) is 11.6 Å². The number of rotatable bonds is 3. The number of fused-ring (bicyclic) bond motifs is 1. The van der Waals surface area contributed by atoms with E-state index in [1.807, 2.05) is 0 Å². The van der Waals surface area contributed by atoms with E-state index in [1.165, 1.54) is 0 Å². The topological polar surface area (TPSA) is 54.2 Å². The zero-order chi connectivity index (χ0) is 13.3. The van der Waals surface area contributed by atoms with Crippen molar-refractivity contribution in [1.82, 2.24) is 19.7 Å². The van der Waals surface area contributed by atoms with E-state index < -0.39 is 18.1 Å². The number of halogens is 4. The van der Waals surface area contributed by atoms with Gasteiger partial charge in [0.1, 0.15) is 5.82 Å². The van der Waals surface area contributed by atoms with E-state index in [0.717, 1.165) is 4.57 Å². The predicted molar refractivity (Wildman–Crippen MR) is 57.0 cm³/mol. The maximum Gasteiger partial charge on any atom is 0.451 e. The van der Waals surface area contributed by atoms with E-state index in [9.17, 15) is 18.3 Å².